The lowest BCUT2D eigenvalue weighted by atomic mass is 9.33. The molecule has 4 saturated carbocycles. The zero-order valence-electron chi connectivity index (χ0n) is 28.2. The summed E-state index contributed by atoms with van der Waals surface area (Å²) in [7, 11) is 0. The van der Waals surface area contributed by atoms with Crippen LogP contribution in [0.2, 0.25) is 0 Å². The molecule has 6 rings (SSSR count). The van der Waals surface area contributed by atoms with Crippen molar-refractivity contribution in [3.05, 3.63) is 11.6 Å². The molecule has 5 fully saturated rings. The standard InChI is InChI=1S/C36H58O8/c1-19-11-16-36(30(40)41)18-17-33(6)21(28(36)35(19,8)42)9-10-23-32(5)14-13-24(31(3,4)22(32)12-15-34(23,33)7)44-29-27(39)26(38)25(37)20(2)43-29/h9,19-20,22-29,37-39,42H,10-18H2,1-8H3,(H,40,41)/t19-,20+,22+,23-,24+,25+,26-,27-,28-,29+,32+,33-,34-,35-,36+/m1/s1. The van der Waals surface area contributed by atoms with Crippen LogP contribution in [0.3, 0.4) is 0 Å². The number of aliphatic hydroxyl groups excluding tert-OH is 3. The Balaban J connectivity index is 1.32. The third kappa shape index (κ3) is 4.12. The lowest BCUT2D eigenvalue weighted by Crippen LogP contribution is -2.68. The fourth-order valence-corrected chi connectivity index (χ4v) is 12.4. The summed E-state index contributed by atoms with van der Waals surface area (Å²) in [6.45, 7) is 17.6. The van der Waals surface area contributed by atoms with E-state index < -0.39 is 47.7 Å². The molecule has 0 unspecified atom stereocenters. The second-order valence-electron chi connectivity index (χ2n) is 17.5. The maximum absolute atomic E-state index is 13.0. The van der Waals surface area contributed by atoms with Gasteiger partial charge < -0.3 is 35.0 Å². The van der Waals surface area contributed by atoms with Crippen molar-refractivity contribution in [1.29, 1.82) is 0 Å². The van der Waals surface area contributed by atoms with Crippen molar-refractivity contribution in [2.45, 2.75) is 156 Å². The zero-order valence-corrected chi connectivity index (χ0v) is 28.2. The average molecular weight is 619 g/mol. The first-order chi connectivity index (χ1) is 20.3. The van der Waals surface area contributed by atoms with Crippen LogP contribution in [0.5, 0.6) is 0 Å². The molecule has 1 aliphatic heterocycles. The van der Waals surface area contributed by atoms with Gasteiger partial charge in [0.25, 0.3) is 0 Å². The molecule has 5 N–H and O–H groups in total. The van der Waals surface area contributed by atoms with Crippen LogP contribution in [0.15, 0.2) is 11.6 Å². The van der Waals surface area contributed by atoms with Crippen molar-refractivity contribution in [3.8, 4) is 0 Å². The minimum atomic E-state index is -1.32. The molecule has 5 aliphatic carbocycles. The first kappa shape index (κ1) is 32.9. The van der Waals surface area contributed by atoms with E-state index in [1.54, 1.807) is 6.92 Å². The van der Waals surface area contributed by atoms with Crippen LogP contribution < -0.4 is 0 Å². The number of allylic oxidation sites excluding steroid dienone is 1. The topological polar surface area (TPSA) is 137 Å². The molecule has 15 atom stereocenters. The molecule has 8 nitrogen and oxygen atoms in total. The predicted molar refractivity (Wildman–Crippen MR) is 165 cm³/mol. The number of rotatable bonds is 3. The number of fused-ring (bicyclic) bond motifs is 7. The highest BCUT2D eigenvalue weighted by atomic mass is 16.7. The van der Waals surface area contributed by atoms with Gasteiger partial charge >= 0.3 is 5.97 Å². The van der Waals surface area contributed by atoms with Gasteiger partial charge in [-0.15, -0.1) is 0 Å². The summed E-state index contributed by atoms with van der Waals surface area (Å²) >= 11 is 0. The van der Waals surface area contributed by atoms with E-state index in [1.165, 1.54) is 5.57 Å². The molecule has 0 aromatic carbocycles. The Morgan fingerprint density at radius 3 is 2.20 bits per heavy atom. The van der Waals surface area contributed by atoms with E-state index in [9.17, 15) is 30.3 Å². The van der Waals surface area contributed by atoms with Crippen molar-refractivity contribution in [2.75, 3.05) is 0 Å². The van der Waals surface area contributed by atoms with Gasteiger partial charge in [0, 0.05) is 5.92 Å². The molecule has 1 saturated heterocycles. The Labute approximate surface area is 263 Å². The number of aliphatic carboxylic acids is 1. The van der Waals surface area contributed by atoms with Gasteiger partial charge in [-0.05, 0) is 111 Å². The molecule has 44 heavy (non-hydrogen) atoms. The quantitative estimate of drug-likeness (QED) is 0.219. The van der Waals surface area contributed by atoms with Gasteiger partial charge in [0.05, 0.1) is 23.2 Å². The highest BCUT2D eigenvalue weighted by molar-refractivity contribution is 5.77. The Hall–Kier alpha value is -1.03. The molecule has 0 amide bonds. The summed E-state index contributed by atoms with van der Waals surface area (Å²) in [6.07, 6.45) is 4.29. The van der Waals surface area contributed by atoms with E-state index in [2.05, 4.69) is 47.6 Å². The highest BCUT2D eigenvalue weighted by Gasteiger charge is 2.71. The number of carbonyl (C=O) groups is 1. The fraction of sp³-hybridized carbons (Fsp3) is 0.917. The van der Waals surface area contributed by atoms with Gasteiger partial charge in [0.15, 0.2) is 6.29 Å². The second-order valence-corrected chi connectivity index (χ2v) is 17.5. The molecule has 6 aliphatic rings. The number of hydrogen-bond acceptors (Lipinski definition) is 7. The fourth-order valence-electron chi connectivity index (χ4n) is 12.4. The first-order valence-corrected chi connectivity index (χ1v) is 17.3. The summed E-state index contributed by atoms with van der Waals surface area (Å²) in [4.78, 5) is 13.0. The Kier molecular flexibility index (Phi) is 7.65. The van der Waals surface area contributed by atoms with Gasteiger partial charge in [-0.2, -0.15) is 0 Å². The van der Waals surface area contributed by atoms with Gasteiger partial charge in [-0.25, -0.2) is 0 Å². The molecule has 0 aromatic rings. The van der Waals surface area contributed by atoms with Crippen molar-refractivity contribution >= 4 is 5.97 Å². The Bertz CT molecular complexity index is 1200. The number of ether oxygens (including phenoxy) is 2. The van der Waals surface area contributed by atoms with Gasteiger partial charge in [-0.3, -0.25) is 4.79 Å². The molecule has 1 heterocycles. The lowest BCUT2D eigenvalue weighted by Gasteiger charge is -2.72. The van der Waals surface area contributed by atoms with E-state index >= 15 is 0 Å². The van der Waals surface area contributed by atoms with Crippen LogP contribution in [-0.4, -0.2) is 73.9 Å². The van der Waals surface area contributed by atoms with Gasteiger partial charge in [-0.1, -0.05) is 53.2 Å². The molecule has 8 heteroatoms. The maximum Gasteiger partial charge on any atom is 0.310 e. The van der Waals surface area contributed by atoms with Crippen LogP contribution >= 0.6 is 0 Å². The van der Waals surface area contributed by atoms with Crippen molar-refractivity contribution in [3.63, 3.8) is 0 Å². The van der Waals surface area contributed by atoms with E-state index in [0.29, 0.717) is 24.7 Å². The molecule has 0 bridgehead atoms. The van der Waals surface area contributed by atoms with Gasteiger partial charge in [0.2, 0.25) is 0 Å². The van der Waals surface area contributed by atoms with Crippen LogP contribution in [0.25, 0.3) is 0 Å². The van der Waals surface area contributed by atoms with E-state index in [0.717, 1.165) is 44.9 Å². The number of hydrogen-bond donors (Lipinski definition) is 5. The molecule has 0 spiro atoms. The largest absolute Gasteiger partial charge is 0.481 e. The monoisotopic (exact) mass is 618 g/mol. The van der Waals surface area contributed by atoms with Crippen molar-refractivity contribution < 1.29 is 39.8 Å². The summed E-state index contributed by atoms with van der Waals surface area (Å²) < 4.78 is 12.3. The number of carboxylic acid groups (broad SMARTS) is 1. The van der Waals surface area contributed by atoms with E-state index in [-0.39, 0.29) is 39.6 Å². The second kappa shape index (κ2) is 10.2. The zero-order chi connectivity index (χ0) is 32.4. The molecular weight excluding hydrogens is 560 g/mol. The molecule has 0 aromatic heterocycles. The lowest BCUT2D eigenvalue weighted by molar-refractivity contribution is -0.324. The third-order valence-corrected chi connectivity index (χ3v) is 15.5. The summed E-state index contributed by atoms with van der Waals surface area (Å²) in [5, 5.41) is 54.0. The van der Waals surface area contributed by atoms with E-state index in [4.69, 9.17) is 9.47 Å². The minimum absolute atomic E-state index is 0.0279. The Morgan fingerprint density at radius 1 is 0.864 bits per heavy atom. The number of aliphatic hydroxyl groups is 4. The summed E-state index contributed by atoms with van der Waals surface area (Å²) in [6, 6.07) is 0. The summed E-state index contributed by atoms with van der Waals surface area (Å²) in [5.74, 6) is -0.323. The SMILES string of the molecule is C[C@@H]1O[C@@H](O[C@H]2CC[C@]3(C)[C@H]4CC=C5[C@H]6[C@](C(=O)O)(CC[C@@H](C)[C@@]6(C)O)CC[C@@]5(C)[C@]4(C)CC[C@H]3C2(C)C)[C@H](O)[C@H](O)[C@H]1O. The average Bonchev–Trinajstić information content (AvgIpc) is 2.94. The summed E-state index contributed by atoms with van der Waals surface area (Å²) in [5.41, 5.74) is -1.20. The van der Waals surface area contributed by atoms with Crippen LogP contribution in [0, 0.1) is 50.7 Å². The van der Waals surface area contributed by atoms with Crippen molar-refractivity contribution in [2.24, 2.45) is 50.7 Å². The smallest absolute Gasteiger partial charge is 0.310 e. The van der Waals surface area contributed by atoms with E-state index in [1.807, 2.05) is 6.92 Å². The third-order valence-electron chi connectivity index (χ3n) is 15.5. The first-order valence-electron chi connectivity index (χ1n) is 17.3. The molecule has 250 valence electrons. The minimum Gasteiger partial charge on any atom is -0.481 e. The Morgan fingerprint density at radius 2 is 1.55 bits per heavy atom. The number of carboxylic acids is 1. The van der Waals surface area contributed by atoms with Gasteiger partial charge in [0.1, 0.15) is 18.3 Å². The van der Waals surface area contributed by atoms with Crippen LogP contribution in [0.1, 0.15) is 113 Å². The van der Waals surface area contributed by atoms with Crippen molar-refractivity contribution in [1.82, 2.24) is 0 Å². The molecule has 0 radical (unpaired) electrons. The normalized spacial score (nSPS) is 56.8. The predicted octanol–water partition coefficient (Wildman–Crippen LogP) is 5.06. The van der Waals surface area contributed by atoms with Crippen LogP contribution in [-0.2, 0) is 14.3 Å². The van der Waals surface area contributed by atoms with Crippen LogP contribution in [0.4, 0.5) is 0 Å². The highest BCUT2D eigenvalue weighted by Crippen LogP contribution is 2.76. The maximum atomic E-state index is 13.0. The molecular formula is C36H58O8.